The van der Waals surface area contributed by atoms with E-state index in [-0.39, 0.29) is 5.82 Å². The Morgan fingerprint density at radius 1 is 1.43 bits per heavy atom. The summed E-state index contributed by atoms with van der Waals surface area (Å²) in [5.74, 6) is -0.132. The lowest BCUT2D eigenvalue weighted by atomic mass is 10.1. The van der Waals surface area contributed by atoms with E-state index in [0.717, 1.165) is 16.6 Å². The van der Waals surface area contributed by atoms with Gasteiger partial charge in [-0.2, -0.15) is 0 Å². The highest BCUT2D eigenvalue weighted by atomic mass is 79.9. The standard InChI is InChI=1S/C11H13BrFN/c1-9(12)8-14-7-6-10-4-2-3-5-11(10)13/h2-5,14H,1,6-8H2. The molecular formula is C11H13BrFN. The summed E-state index contributed by atoms with van der Waals surface area (Å²) in [5.41, 5.74) is 0.750. The van der Waals surface area contributed by atoms with E-state index >= 15 is 0 Å². The highest BCUT2D eigenvalue weighted by molar-refractivity contribution is 9.11. The zero-order valence-corrected chi connectivity index (χ0v) is 9.48. The molecule has 1 aromatic carbocycles. The van der Waals surface area contributed by atoms with Crippen LogP contribution in [-0.4, -0.2) is 13.1 Å². The summed E-state index contributed by atoms with van der Waals surface area (Å²) in [7, 11) is 0. The molecule has 0 saturated carbocycles. The smallest absolute Gasteiger partial charge is 0.126 e. The second kappa shape index (κ2) is 5.94. The number of nitrogens with one attached hydrogen (secondary N) is 1. The summed E-state index contributed by atoms with van der Waals surface area (Å²) in [5, 5.41) is 3.15. The maximum absolute atomic E-state index is 13.1. The van der Waals surface area contributed by atoms with Gasteiger partial charge in [0.15, 0.2) is 0 Å². The Hall–Kier alpha value is -0.670. The van der Waals surface area contributed by atoms with E-state index in [9.17, 15) is 4.39 Å². The molecule has 1 rings (SSSR count). The van der Waals surface area contributed by atoms with Gasteiger partial charge in [0.1, 0.15) is 5.82 Å². The third-order valence-corrected chi connectivity index (χ3v) is 2.13. The maximum Gasteiger partial charge on any atom is 0.126 e. The molecule has 0 spiro atoms. The van der Waals surface area contributed by atoms with Gasteiger partial charge in [-0.3, -0.25) is 0 Å². The van der Waals surface area contributed by atoms with E-state index in [4.69, 9.17) is 0 Å². The monoisotopic (exact) mass is 257 g/mol. The highest BCUT2D eigenvalue weighted by Crippen LogP contribution is 2.06. The molecule has 14 heavy (non-hydrogen) atoms. The van der Waals surface area contributed by atoms with Crippen LogP contribution in [0.5, 0.6) is 0 Å². The van der Waals surface area contributed by atoms with Crippen LogP contribution in [0.4, 0.5) is 4.39 Å². The fourth-order valence-electron chi connectivity index (χ4n) is 1.15. The van der Waals surface area contributed by atoms with Crippen LogP contribution in [0.15, 0.2) is 35.3 Å². The molecule has 0 atom stereocenters. The van der Waals surface area contributed by atoms with Gasteiger partial charge >= 0.3 is 0 Å². The largest absolute Gasteiger partial charge is 0.312 e. The predicted molar refractivity (Wildman–Crippen MR) is 61.0 cm³/mol. The molecule has 1 aromatic rings. The van der Waals surface area contributed by atoms with Gasteiger partial charge in [-0.1, -0.05) is 40.7 Å². The van der Waals surface area contributed by atoms with E-state index in [2.05, 4.69) is 27.8 Å². The van der Waals surface area contributed by atoms with Gasteiger partial charge in [0, 0.05) is 11.0 Å². The van der Waals surface area contributed by atoms with Crippen LogP contribution >= 0.6 is 15.9 Å². The Morgan fingerprint density at radius 2 is 2.14 bits per heavy atom. The minimum absolute atomic E-state index is 0.132. The van der Waals surface area contributed by atoms with Crippen molar-refractivity contribution in [1.29, 1.82) is 0 Å². The van der Waals surface area contributed by atoms with Crippen molar-refractivity contribution in [3.63, 3.8) is 0 Å². The van der Waals surface area contributed by atoms with Crippen molar-refractivity contribution in [1.82, 2.24) is 5.32 Å². The first-order chi connectivity index (χ1) is 6.70. The summed E-state index contributed by atoms with van der Waals surface area (Å²) in [6.45, 7) is 5.17. The van der Waals surface area contributed by atoms with E-state index in [1.165, 1.54) is 6.07 Å². The van der Waals surface area contributed by atoms with Crippen molar-refractivity contribution in [3.05, 3.63) is 46.7 Å². The van der Waals surface area contributed by atoms with Crippen molar-refractivity contribution < 1.29 is 4.39 Å². The van der Waals surface area contributed by atoms with Crippen molar-refractivity contribution >= 4 is 15.9 Å². The Morgan fingerprint density at radius 3 is 2.79 bits per heavy atom. The third kappa shape index (κ3) is 4.03. The topological polar surface area (TPSA) is 12.0 Å². The summed E-state index contributed by atoms with van der Waals surface area (Å²) < 4.78 is 14.0. The lowest BCUT2D eigenvalue weighted by molar-refractivity contribution is 0.602. The zero-order valence-electron chi connectivity index (χ0n) is 7.89. The van der Waals surface area contributed by atoms with Gasteiger partial charge in [0.25, 0.3) is 0 Å². The quantitative estimate of drug-likeness (QED) is 0.801. The van der Waals surface area contributed by atoms with Gasteiger partial charge in [-0.25, -0.2) is 4.39 Å². The maximum atomic E-state index is 13.1. The van der Waals surface area contributed by atoms with Gasteiger partial charge in [0.2, 0.25) is 0 Å². The lowest BCUT2D eigenvalue weighted by Gasteiger charge is -2.04. The van der Waals surface area contributed by atoms with Crippen LogP contribution in [0.1, 0.15) is 5.56 Å². The fraction of sp³-hybridized carbons (Fsp3) is 0.273. The van der Waals surface area contributed by atoms with Crippen LogP contribution < -0.4 is 5.32 Å². The molecule has 0 bridgehead atoms. The van der Waals surface area contributed by atoms with Crippen molar-refractivity contribution in [2.45, 2.75) is 6.42 Å². The first kappa shape index (κ1) is 11.4. The Bertz CT molecular complexity index is 312. The van der Waals surface area contributed by atoms with Crippen LogP contribution in [0.2, 0.25) is 0 Å². The molecule has 0 aliphatic carbocycles. The molecule has 0 fully saturated rings. The van der Waals surface area contributed by atoms with E-state index in [1.54, 1.807) is 12.1 Å². The van der Waals surface area contributed by atoms with Crippen LogP contribution in [0.3, 0.4) is 0 Å². The van der Waals surface area contributed by atoms with Gasteiger partial charge in [0.05, 0.1) is 0 Å². The number of hydrogen-bond acceptors (Lipinski definition) is 1. The molecule has 1 nitrogen and oxygen atoms in total. The van der Waals surface area contributed by atoms with E-state index in [0.29, 0.717) is 13.0 Å². The molecule has 0 aliphatic rings. The molecule has 3 heteroatoms. The predicted octanol–water partition coefficient (Wildman–Crippen LogP) is 2.87. The SMILES string of the molecule is C=C(Br)CNCCc1ccccc1F. The average molecular weight is 258 g/mol. The Balaban J connectivity index is 2.31. The molecular weight excluding hydrogens is 245 g/mol. The number of rotatable bonds is 5. The van der Waals surface area contributed by atoms with E-state index < -0.39 is 0 Å². The second-order valence-electron chi connectivity index (χ2n) is 3.04. The normalized spacial score (nSPS) is 10.1. The summed E-state index contributed by atoms with van der Waals surface area (Å²) in [6.07, 6.45) is 0.701. The molecule has 0 radical (unpaired) electrons. The van der Waals surface area contributed by atoms with Crippen LogP contribution in [0.25, 0.3) is 0 Å². The highest BCUT2D eigenvalue weighted by Gasteiger charge is 1.99. The van der Waals surface area contributed by atoms with Crippen molar-refractivity contribution in [3.8, 4) is 0 Å². The van der Waals surface area contributed by atoms with Crippen LogP contribution in [0, 0.1) is 5.82 Å². The first-order valence-corrected chi connectivity index (χ1v) is 5.27. The van der Waals surface area contributed by atoms with Gasteiger partial charge < -0.3 is 5.32 Å². The number of hydrogen-bond donors (Lipinski definition) is 1. The average Bonchev–Trinajstić information content (AvgIpc) is 2.15. The molecule has 0 aliphatic heterocycles. The lowest BCUT2D eigenvalue weighted by Crippen LogP contribution is -2.18. The summed E-state index contributed by atoms with van der Waals surface area (Å²) in [6, 6.07) is 6.84. The van der Waals surface area contributed by atoms with Gasteiger partial charge in [-0.15, -0.1) is 0 Å². The summed E-state index contributed by atoms with van der Waals surface area (Å²) in [4.78, 5) is 0. The number of benzene rings is 1. The minimum Gasteiger partial charge on any atom is -0.312 e. The fourth-order valence-corrected chi connectivity index (χ4v) is 1.35. The van der Waals surface area contributed by atoms with E-state index in [1.807, 2.05) is 6.07 Å². The van der Waals surface area contributed by atoms with Crippen molar-refractivity contribution in [2.75, 3.05) is 13.1 Å². The molecule has 0 unspecified atom stereocenters. The Kier molecular flexibility index (Phi) is 4.84. The molecule has 0 heterocycles. The first-order valence-electron chi connectivity index (χ1n) is 4.47. The molecule has 0 saturated heterocycles. The minimum atomic E-state index is -0.132. The van der Waals surface area contributed by atoms with Crippen molar-refractivity contribution in [2.24, 2.45) is 0 Å². The third-order valence-electron chi connectivity index (χ3n) is 1.85. The molecule has 76 valence electrons. The number of halogens is 2. The van der Waals surface area contributed by atoms with Gasteiger partial charge in [-0.05, 0) is 24.6 Å². The molecule has 1 N–H and O–H groups in total. The Labute approximate surface area is 92.1 Å². The second-order valence-corrected chi connectivity index (χ2v) is 4.16. The molecule has 0 amide bonds. The zero-order chi connectivity index (χ0) is 10.4. The molecule has 0 aromatic heterocycles. The van der Waals surface area contributed by atoms with Crippen LogP contribution in [-0.2, 0) is 6.42 Å². The summed E-state index contributed by atoms with van der Waals surface area (Å²) >= 11 is 3.24.